The highest BCUT2D eigenvalue weighted by Gasteiger charge is 2.54. The molecule has 3 atom stereocenters. The fourth-order valence-corrected chi connectivity index (χ4v) is 6.13. The van der Waals surface area contributed by atoms with Crippen molar-refractivity contribution in [1.29, 1.82) is 0 Å². The number of aliphatic hydroxyl groups excluding tert-OH is 1. The Morgan fingerprint density at radius 3 is 2.77 bits per heavy atom. The monoisotopic (exact) mass is 513 g/mol. The number of thioether (sulfide) groups is 2. The molecule has 3 aromatic rings. The molecule has 35 heavy (non-hydrogen) atoms. The van der Waals surface area contributed by atoms with E-state index >= 15 is 0 Å². The number of carbonyl (C=O) groups is 3. The SMILES string of the molecule is Cc1ccc(C(O)C(=O)NC2C(=O)N3C(C(=O)O)=C(CSc4ccc5nnnn5n4)CS[C@@H]23)cc1. The average molecular weight is 514 g/mol. The third-order valence-electron chi connectivity index (χ3n) is 5.63. The van der Waals surface area contributed by atoms with Crippen LogP contribution in [0.4, 0.5) is 0 Å². The topological polar surface area (TPSA) is 163 Å². The molecule has 0 radical (unpaired) electrons. The Morgan fingerprint density at radius 2 is 2.03 bits per heavy atom. The van der Waals surface area contributed by atoms with Gasteiger partial charge in [-0.15, -0.1) is 38.4 Å². The third kappa shape index (κ3) is 4.35. The number of aliphatic carboxylic acids is 1. The van der Waals surface area contributed by atoms with Crippen LogP contribution in [-0.2, 0) is 14.4 Å². The van der Waals surface area contributed by atoms with Crippen LogP contribution in [-0.4, -0.2) is 81.1 Å². The van der Waals surface area contributed by atoms with Gasteiger partial charge in [0.05, 0.1) is 0 Å². The van der Waals surface area contributed by atoms with Crippen LogP contribution in [0.25, 0.3) is 5.65 Å². The van der Waals surface area contributed by atoms with Gasteiger partial charge in [0.25, 0.3) is 11.8 Å². The first-order chi connectivity index (χ1) is 16.8. The quantitative estimate of drug-likeness (QED) is 0.296. The maximum atomic E-state index is 12.9. The van der Waals surface area contributed by atoms with E-state index in [1.165, 1.54) is 33.1 Å². The van der Waals surface area contributed by atoms with Crippen molar-refractivity contribution in [3.05, 3.63) is 58.8 Å². The Morgan fingerprint density at radius 1 is 1.26 bits per heavy atom. The summed E-state index contributed by atoms with van der Waals surface area (Å²) in [4.78, 5) is 38.7. The van der Waals surface area contributed by atoms with Gasteiger partial charge in [-0.1, -0.05) is 29.8 Å². The highest BCUT2D eigenvalue weighted by atomic mass is 32.2. The van der Waals surface area contributed by atoms with Crippen molar-refractivity contribution in [1.82, 2.24) is 35.5 Å². The summed E-state index contributed by atoms with van der Waals surface area (Å²) in [5.41, 5.74) is 2.37. The summed E-state index contributed by atoms with van der Waals surface area (Å²) in [6, 6.07) is 9.36. The molecule has 5 rings (SSSR count). The van der Waals surface area contributed by atoms with Crippen molar-refractivity contribution in [2.45, 2.75) is 29.5 Å². The molecule has 1 aromatic carbocycles. The number of carboxylic acids is 1. The summed E-state index contributed by atoms with van der Waals surface area (Å²) in [5, 5.41) is 38.1. The first kappa shape index (κ1) is 23.3. The highest BCUT2D eigenvalue weighted by Crippen LogP contribution is 2.41. The minimum atomic E-state index is -1.43. The van der Waals surface area contributed by atoms with Crippen LogP contribution in [0.2, 0.25) is 0 Å². The number of aryl methyl sites for hydroxylation is 1. The first-order valence-corrected chi connectivity index (χ1v) is 12.5. The van der Waals surface area contributed by atoms with Crippen LogP contribution in [0.5, 0.6) is 0 Å². The largest absolute Gasteiger partial charge is 0.477 e. The normalized spacial score (nSPS) is 20.4. The predicted octanol–water partition coefficient (Wildman–Crippen LogP) is 0.392. The minimum absolute atomic E-state index is 0.0840. The highest BCUT2D eigenvalue weighted by molar-refractivity contribution is 8.01. The molecule has 0 bridgehead atoms. The van der Waals surface area contributed by atoms with E-state index in [9.17, 15) is 24.6 Å². The van der Waals surface area contributed by atoms with Gasteiger partial charge in [0.15, 0.2) is 11.8 Å². The third-order valence-corrected chi connectivity index (χ3v) is 7.97. The van der Waals surface area contributed by atoms with Gasteiger partial charge in [0.2, 0.25) is 0 Å². The summed E-state index contributed by atoms with van der Waals surface area (Å²) in [6.45, 7) is 1.89. The lowest BCUT2D eigenvalue weighted by molar-refractivity contribution is -0.151. The predicted molar refractivity (Wildman–Crippen MR) is 125 cm³/mol. The van der Waals surface area contributed by atoms with Crippen LogP contribution in [0.1, 0.15) is 17.2 Å². The second-order valence-corrected chi connectivity index (χ2v) is 10.1. The van der Waals surface area contributed by atoms with E-state index in [1.807, 2.05) is 6.92 Å². The van der Waals surface area contributed by atoms with Crippen LogP contribution < -0.4 is 5.32 Å². The van der Waals surface area contributed by atoms with E-state index in [2.05, 4.69) is 25.9 Å². The van der Waals surface area contributed by atoms with Gasteiger partial charge in [-0.25, -0.2) is 4.79 Å². The molecule has 0 saturated carbocycles. The summed E-state index contributed by atoms with van der Waals surface area (Å²) in [7, 11) is 0. The van der Waals surface area contributed by atoms with Crippen molar-refractivity contribution in [3.63, 3.8) is 0 Å². The number of tetrazole rings is 1. The van der Waals surface area contributed by atoms with E-state index in [4.69, 9.17) is 0 Å². The number of hydrogen-bond donors (Lipinski definition) is 3. The summed E-state index contributed by atoms with van der Waals surface area (Å²) in [5.74, 6) is -1.79. The van der Waals surface area contributed by atoms with E-state index in [0.29, 0.717) is 33.3 Å². The van der Waals surface area contributed by atoms with Crippen molar-refractivity contribution in [2.24, 2.45) is 0 Å². The Balaban J connectivity index is 1.28. The Kier molecular flexibility index (Phi) is 6.17. The fraction of sp³-hybridized carbons (Fsp3) is 0.286. The number of benzene rings is 1. The number of hydrogen-bond acceptors (Lipinski definition) is 10. The van der Waals surface area contributed by atoms with E-state index in [0.717, 1.165) is 5.56 Å². The molecule has 14 heteroatoms. The van der Waals surface area contributed by atoms with Gasteiger partial charge in [-0.3, -0.25) is 14.5 Å². The number of β-lactam (4-membered cyclic amide) rings is 1. The van der Waals surface area contributed by atoms with Gasteiger partial charge in [0.1, 0.15) is 22.1 Å². The molecule has 0 spiro atoms. The Labute approximate surface area is 206 Å². The Hall–Kier alpha value is -3.49. The molecule has 3 N–H and O–H groups in total. The smallest absolute Gasteiger partial charge is 0.352 e. The van der Waals surface area contributed by atoms with E-state index in [-0.39, 0.29) is 5.70 Å². The number of rotatable bonds is 7. The molecule has 2 amide bonds. The van der Waals surface area contributed by atoms with Crippen LogP contribution >= 0.6 is 23.5 Å². The number of carboxylic acid groups (broad SMARTS) is 1. The second-order valence-electron chi connectivity index (χ2n) is 7.95. The maximum Gasteiger partial charge on any atom is 0.352 e. The number of carbonyl (C=O) groups excluding carboxylic acids is 2. The number of amides is 2. The lowest BCUT2D eigenvalue weighted by atomic mass is 10.0. The summed E-state index contributed by atoms with van der Waals surface area (Å²) in [6.07, 6.45) is -1.43. The number of nitrogens with zero attached hydrogens (tertiary/aromatic N) is 6. The molecular weight excluding hydrogens is 494 g/mol. The maximum absolute atomic E-state index is 12.9. The van der Waals surface area contributed by atoms with Gasteiger partial charge < -0.3 is 15.5 Å². The number of fused-ring (bicyclic) bond motifs is 2. The van der Waals surface area contributed by atoms with Crippen molar-refractivity contribution in [2.75, 3.05) is 11.5 Å². The molecular formula is C21H19N7O5S2. The van der Waals surface area contributed by atoms with Gasteiger partial charge in [-0.2, -0.15) is 0 Å². The molecule has 4 heterocycles. The minimum Gasteiger partial charge on any atom is -0.477 e. The molecule has 2 unspecified atom stereocenters. The Bertz CT molecular complexity index is 1360. The fourth-order valence-electron chi connectivity index (χ4n) is 3.80. The molecule has 12 nitrogen and oxygen atoms in total. The number of nitrogens with one attached hydrogen (secondary N) is 1. The zero-order valence-corrected chi connectivity index (χ0v) is 19.9. The molecule has 0 aliphatic carbocycles. The number of aliphatic hydroxyl groups is 1. The van der Waals surface area contributed by atoms with Crippen LogP contribution in [0.15, 0.2) is 52.7 Å². The van der Waals surface area contributed by atoms with Gasteiger partial charge in [0, 0.05) is 11.5 Å². The summed E-state index contributed by atoms with van der Waals surface area (Å²) >= 11 is 2.67. The van der Waals surface area contributed by atoms with E-state index in [1.54, 1.807) is 36.4 Å². The molecule has 2 aromatic heterocycles. The van der Waals surface area contributed by atoms with Crippen LogP contribution in [0.3, 0.4) is 0 Å². The molecule has 1 fully saturated rings. The lowest BCUT2D eigenvalue weighted by Crippen LogP contribution is -2.70. The van der Waals surface area contributed by atoms with Crippen molar-refractivity contribution >= 4 is 47.0 Å². The zero-order valence-electron chi connectivity index (χ0n) is 18.2. The lowest BCUT2D eigenvalue weighted by Gasteiger charge is -2.49. The van der Waals surface area contributed by atoms with Crippen molar-refractivity contribution < 1.29 is 24.6 Å². The summed E-state index contributed by atoms with van der Waals surface area (Å²) < 4.78 is 1.28. The van der Waals surface area contributed by atoms with Crippen molar-refractivity contribution in [3.8, 4) is 0 Å². The van der Waals surface area contributed by atoms with Gasteiger partial charge >= 0.3 is 5.97 Å². The first-order valence-electron chi connectivity index (χ1n) is 10.5. The number of aromatic nitrogens is 5. The average Bonchev–Trinajstić information content (AvgIpc) is 3.33. The standard InChI is InChI=1S/C21H19N7O5S2/c1-10-2-4-11(5-3-10)17(29)18(30)22-15-19(31)27-16(21(32)33)12(9-35-20(15)27)8-34-14-7-6-13-23-25-26-28(13)24-14/h2-7,15,17,20,29H,8-9H2,1H3,(H,22,30)(H,32,33)/t15?,17?,20-/m0/s1. The molecule has 180 valence electrons. The molecule has 2 aliphatic rings. The zero-order chi connectivity index (χ0) is 24.7. The van der Waals surface area contributed by atoms with E-state index < -0.39 is 35.3 Å². The second kappa shape index (κ2) is 9.28. The van der Waals surface area contributed by atoms with Gasteiger partial charge in [-0.05, 0) is 40.6 Å². The molecule has 2 aliphatic heterocycles. The van der Waals surface area contributed by atoms with Crippen LogP contribution in [0, 0.1) is 6.92 Å². The molecule has 1 saturated heterocycles.